The van der Waals surface area contributed by atoms with Gasteiger partial charge in [-0.1, -0.05) is 12.1 Å². The number of halogens is 3. The Morgan fingerprint density at radius 2 is 1.65 bits per heavy atom. The number of carbonyl (C=O) groups excluding carboxylic acids is 1. The predicted molar refractivity (Wildman–Crippen MR) is 65.4 cm³/mol. The molecule has 2 nitrogen and oxygen atoms in total. The molecule has 0 bridgehead atoms. The zero-order valence-corrected chi connectivity index (χ0v) is 10.1. The van der Waals surface area contributed by atoms with Crippen LogP contribution >= 0.6 is 0 Å². The smallest absolute Gasteiger partial charge is 0.184 e. The molecule has 0 fully saturated rings. The maximum Gasteiger partial charge on any atom is 0.184 e. The first kappa shape index (κ1) is 13.8. The molecule has 20 heavy (non-hydrogen) atoms. The minimum atomic E-state index is -1.31. The van der Waals surface area contributed by atoms with E-state index in [4.69, 9.17) is 5.26 Å². The number of rotatable bonds is 3. The molecular weight excluding hydrogens is 267 g/mol. The summed E-state index contributed by atoms with van der Waals surface area (Å²) in [5.74, 6) is -4.52. The van der Waals surface area contributed by atoms with E-state index in [9.17, 15) is 18.0 Å². The molecule has 2 aromatic carbocycles. The average Bonchev–Trinajstić information content (AvgIpc) is 2.38. The molecule has 0 saturated heterocycles. The highest BCUT2D eigenvalue weighted by atomic mass is 19.1. The van der Waals surface area contributed by atoms with Gasteiger partial charge in [-0.05, 0) is 29.8 Å². The van der Waals surface area contributed by atoms with Crippen LogP contribution in [0.2, 0.25) is 0 Å². The van der Waals surface area contributed by atoms with Gasteiger partial charge in [-0.2, -0.15) is 5.26 Å². The van der Waals surface area contributed by atoms with Crippen molar-refractivity contribution >= 4 is 5.78 Å². The maximum absolute atomic E-state index is 13.1. The molecule has 2 rings (SSSR count). The standard InChI is InChI=1S/C15H8F3NO/c16-11-3-1-2-9(4-11)14(8-19)15(20)10-5-12(17)7-13(18)6-10/h1-7,14H. The van der Waals surface area contributed by atoms with Crippen LogP contribution in [0.25, 0.3) is 0 Å². The summed E-state index contributed by atoms with van der Waals surface area (Å²) in [6, 6.07) is 9.01. The highest BCUT2D eigenvalue weighted by Gasteiger charge is 2.23. The summed E-state index contributed by atoms with van der Waals surface area (Å²) < 4.78 is 39.3. The molecule has 0 spiro atoms. The summed E-state index contributed by atoms with van der Waals surface area (Å²) in [6.07, 6.45) is 0. The Morgan fingerprint density at radius 1 is 1.00 bits per heavy atom. The van der Waals surface area contributed by atoms with Crippen molar-refractivity contribution in [3.8, 4) is 6.07 Å². The second-order valence-corrected chi connectivity index (χ2v) is 4.14. The van der Waals surface area contributed by atoms with Crippen molar-refractivity contribution in [2.24, 2.45) is 0 Å². The van der Waals surface area contributed by atoms with Crippen LogP contribution in [-0.4, -0.2) is 5.78 Å². The van der Waals surface area contributed by atoms with E-state index in [0.717, 1.165) is 18.2 Å². The predicted octanol–water partition coefficient (Wildman–Crippen LogP) is 3.59. The van der Waals surface area contributed by atoms with Crippen molar-refractivity contribution in [2.45, 2.75) is 5.92 Å². The number of Topliss-reactive ketones (excluding diaryl/α,β-unsaturated/α-hetero) is 1. The third-order valence-corrected chi connectivity index (χ3v) is 2.72. The second kappa shape index (κ2) is 5.57. The number of benzene rings is 2. The highest BCUT2D eigenvalue weighted by molar-refractivity contribution is 6.02. The second-order valence-electron chi connectivity index (χ2n) is 4.14. The number of hydrogen-bond acceptors (Lipinski definition) is 2. The van der Waals surface area contributed by atoms with Gasteiger partial charge >= 0.3 is 0 Å². The Morgan fingerprint density at radius 3 is 2.20 bits per heavy atom. The fourth-order valence-electron chi connectivity index (χ4n) is 1.83. The average molecular weight is 275 g/mol. The zero-order valence-electron chi connectivity index (χ0n) is 10.1. The summed E-state index contributed by atoms with van der Waals surface area (Å²) in [6.45, 7) is 0. The molecule has 1 unspecified atom stereocenters. The van der Waals surface area contributed by atoms with Crippen molar-refractivity contribution in [3.63, 3.8) is 0 Å². The van der Waals surface area contributed by atoms with E-state index >= 15 is 0 Å². The van der Waals surface area contributed by atoms with E-state index in [1.165, 1.54) is 18.2 Å². The Bertz CT molecular complexity index is 686. The van der Waals surface area contributed by atoms with Gasteiger partial charge in [0.05, 0.1) is 6.07 Å². The zero-order chi connectivity index (χ0) is 14.7. The molecule has 0 saturated carbocycles. The third kappa shape index (κ3) is 2.86. The first-order chi connectivity index (χ1) is 9.51. The van der Waals surface area contributed by atoms with Crippen LogP contribution < -0.4 is 0 Å². The lowest BCUT2D eigenvalue weighted by atomic mass is 9.92. The molecule has 0 aliphatic carbocycles. The van der Waals surface area contributed by atoms with E-state index < -0.39 is 29.2 Å². The van der Waals surface area contributed by atoms with Gasteiger partial charge in [0.2, 0.25) is 0 Å². The van der Waals surface area contributed by atoms with E-state index in [1.807, 2.05) is 0 Å². The number of ketones is 1. The van der Waals surface area contributed by atoms with Gasteiger partial charge in [0, 0.05) is 11.6 Å². The number of nitrogens with zero attached hydrogens (tertiary/aromatic N) is 1. The van der Waals surface area contributed by atoms with Gasteiger partial charge in [-0.25, -0.2) is 13.2 Å². The molecule has 0 amide bonds. The van der Waals surface area contributed by atoms with Crippen LogP contribution in [0.5, 0.6) is 0 Å². The quantitative estimate of drug-likeness (QED) is 0.803. The highest BCUT2D eigenvalue weighted by Crippen LogP contribution is 2.22. The largest absolute Gasteiger partial charge is 0.292 e. The van der Waals surface area contributed by atoms with Gasteiger partial charge in [0.15, 0.2) is 5.78 Å². The van der Waals surface area contributed by atoms with Gasteiger partial charge in [0.25, 0.3) is 0 Å². The molecule has 0 aromatic heterocycles. The summed E-state index contributed by atoms with van der Waals surface area (Å²) in [4.78, 5) is 12.1. The normalized spacial score (nSPS) is 11.7. The minimum Gasteiger partial charge on any atom is -0.292 e. The molecule has 1 atom stereocenters. The summed E-state index contributed by atoms with van der Waals surface area (Å²) in [5.41, 5.74) is -0.125. The van der Waals surface area contributed by atoms with Crippen molar-refractivity contribution in [2.75, 3.05) is 0 Å². The maximum atomic E-state index is 13.1. The van der Waals surface area contributed by atoms with E-state index in [1.54, 1.807) is 6.07 Å². The molecule has 0 N–H and O–H groups in total. The summed E-state index contributed by atoms with van der Waals surface area (Å²) in [5, 5.41) is 9.06. The molecule has 0 radical (unpaired) electrons. The number of carbonyl (C=O) groups is 1. The van der Waals surface area contributed by atoms with Crippen molar-refractivity contribution in [3.05, 3.63) is 71.0 Å². The SMILES string of the molecule is N#CC(C(=O)c1cc(F)cc(F)c1)c1cccc(F)c1. The summed E-state index contributed by atoms with van der Waals surface area (Å²) in [7, 11) is 0. The first-order valence-electron chi connectivity index (χ1n) is 5.66. The van der Waals surface area contributed by atoms with Gasteiger partial charge in [-0.3, -0.25) is 4.79 Å². The molecule has 0 aliphatic heterocycles. The van der Waals surface area contributed by atoms with Gasteiger partial charge in [-0.15, -0.1) is 0 Å². The Kier molecular flexibility index (Phi) is 3.85. The number of hydrogen-bond donors (Lipinski definition) is 0. The first-order valence-corrected chi connectivity index (χ1v) is 5.66. The fourth-order valence-corrected chi connectivity index (χ4v) is 1.83. The minimum absolute atomic E-state index is 0.141. The fraction of sp³-hybridized carbons (Fsp3) is 0.0667. The van der Waals surface area contributed by atoms with Crippen molar-refractivity contribution in [1.29, 1.82) is 5.26 Å². The molecule has 100 valence electrons. The topological polar surface area (TPSA) is 40.9 Å². The van der Waals surface area contributed by atoms with E-state index in [2.05, 4.69) is 0 Å². The van der Waals surface area contributed by atoms with Crippen LogP contribution in [0.3, 0.4) is 0 Å². The Balaban J connectivity index is 2.42. The van der Waals surface area contributed by atoms with Crippen LogP contribution in [0.15, 0.2) is 42.5 Å². The Hall–Kier alpha value is -2.61. The van der Waals surface area contributed by atoms with Crippen LogP contribution in [0.4, 0.5) is 13.2 Å². The molecule has 0 heterocycles. The lowest BCUT2D eigenvalue weighted by molar-refractivity contribution is 0.0978. The Labute approximate surface area is 113 Å². The lowest BCUT2D eigenvalue weighted by Crippen LogP contribution is -2.12. The molecule has 2 aromatic rings. The van der Waals surface area contributed by atoms with Gasteiger partial charge < -0.3 is 0 Å². The van der Waals surface area contributed by atoms with E-state index in [0.29, 0.717) is 6.07 Å². The molecule has 5 heteroatoms. The molecule has 0 aliphatic rings. The van der Waals surface area contributed by atoms with Crippen molar-refractivity contribution in [1.82, 2.24) is 0 Å². The van der Waals surface area contributed by atoms with Crippen LogP contribution in [0, 0.1) is 28.8 Å². The van der Waals surface area contributed by atoms with E-state index in [-0.39, 0.29) is 11.1 Å². The van der Waals surface area contributed by atoms with Crippen LogP contribution in [0.1, 0.15) is 21.8 Å². The molecular formula is C15H8F3NO. The lowest BCUT2D eigenvalue weighted by Gasteiger charge is -2.09. The van der Waals surface area contributed by atoms with Crippen LogP contribution in [-0.2, 0) is 0 Å². The van der Waals surface area contributed by atoms with Gasteiger partial charge in [0.1, 0.15) is 23.4 Å². The summed E-state index contributed by atoms with van der Waals surface area (Å²) >= 11 is 0. The monoisotopic (exact) mass is 275 g/mol. The van der Waals surface area contributed by atoms with Crippen molar-refractivity contribution < 1.29 is 18.0 Å². The third-order valence-electron chi connectivity index (χ3n) is 2.72. The number of nitriles is 1.